The van der Waals surface area contributed by atoms with Crippen molar-refractivity contribution in [1.29, 1.82) is 0 Å². The van der Waals surface area contributed by atoms with E-state index < -0.39 is 0 Å². The number of rotatable bonds is 5. The third-order valence-corrected chi connectivity index (χ3v) is 4.64. The summed E-state index contributed by atoms with van der Waals surface area (Å²) in [5, 5.41) is 2.79. The average molecular weight is 354 g/mol. The Morgan fingerprint density at radius 3 is 2.35 bits per heavy atom. The van der Waals surface area contributed by atoms with Gasteiger partial charge in [-0.1, -0.05) is 30.3 Å². The number of nitrogens with one attached hydrogen (secondary N) is 1. The second kappa shape index (κ2) is 8.61. The van der Waals surface area contributed by atoms with Gasteiger partial charge in [0.2, 0.25) is 5.91 Å². The molecular weight excluding hydrogens is 331 g/mol. The summed E-state index contributed by atoms with van der Waals surface area (Å²) in [6.07, 6.45) is 3.34. The van der Waals surface area contributed by atoms with Crippen LogP contribution in [0.4, 0.5) is 4.39 Å². The van der Waals surface area contributed by atoms with E-state index in [4.69, 9.17) is 0 Å². The maximum absolute atomic E-state index is 13.6. The second-order valence-electron chi connectivity index (χ2n) is 6.59. The summed E-state index contributed by atoms with van der Waals surface area (Å²) >= 11 is 0. The second-order valence-corrected chi connectivity index (χ2v) is 6.59. The highest BCUT2D eigenvalue weighted by atomic mass is 19.1. The first-order valence-electron chi connectivity index (χ1n) is 9.02. The summed E-state index contributed by atoms with van der Waals surface area (Å²) in [7, 11) is 0. The molecule has 0 radical (unpaired) electrons. The van der Waals surface area contributed by atoms with Crippen molar-refractivity contribution in [2.75, 3.05) is 13.1 Å². The smallest absolute Gasteiger partial charge is 0.253 e. The minimum Gasteiger partial charge on any atom is -0.352 e. The van der Waals surface area contributed by atoms with E-state index in [2.05, 4.69) is 5.32 Å². The van der Waals surface area contributed by atoms with Gasteiger partial charge in [0, 0.05) is 25.2 Å². The molecule has 4 nitrogen and oxygen atoms in total. The van der Waals surface area contributed by atoms with Gasteiger partial charge in [-0.3, -0.25) is 9.59 Å². The zero-order chi connectivity index (χ0) is 18.4. The van der Waals surface area contributed by atoms with Crippen molar-refractivity contribution in [2.24, 2.45) is 0 Å². The van der Waals surface area contributed by atoms with Gasteiger partial charge in [-0.2, -0.15) is 0 Å². The maximum atomic E-state index is 13.6. The summed E-state index contributed by atoms with van der Waals surface area (Å²) in [5.74, 6) is -0.536. The van der Waals surface area contributed by atoms with E-state index in [9.17, 15) is 14.0 Å². The predicted octanol–water partition coefficient (Wildman–Crippen LogP) is 3.31. The number of likely N-dealkylation sites (tertiary alicyclic amines) is 1. The van der Waals surface area contributed by atoms with Crippen LogP contribution in [0.2, 0.25) is 0 Å². The highest BCUT2D eigenvalue weighted by Gasteiger charge is 2.17. The monoisotopic (exact) mass is 354 g/mol. The molecule has 3 rings (SSSR count). The SMILES string of the molecule is O=C(Cc1ccccc1F)NCc1ccc(C(=O)N2CCCCC2)cc1. The fourth-order valence-electron chi connectivity index (χ4n) is 3.12. The number of piperidine rings is 1. The summed E-state index contributed by atoms with van der Waals surface area (Å²) in [4.78, 5) is 26.3. The van der Waals surface area contributed by atoms with Crippen molar-refractivity contribution in [3.05, 3.63) is 71.0 Å². The first-order chi connectivity index (χ1) is 12.6. The van der Waals surface area contributed by atoms with Gasteiger partial charge in [-0.05, 0) is 48.6 Å². The quantitative estimate of drug-likeness (QED) is 0.896. The standard InChI is InChI=1S/C21H23FN2O2/c22-19-7-3-2-6-18(19)14-20(25)23-15-16-8-10-17(11-9-16)21(26)24-12-4-1-5-13-24/h2-3,6-11H,1,4-5,12-15H2,(H,23,25). The molecule has 0 unspecified atom stereocenters. The predicted molar refractivity (Wildman–Crippen MR) is 98.1 cm³/mol. The molecule has 0 atom stereocenters. The minimum absolute atomic E-state index is 0.0121. The number of carbonyl (C=O) groups excluding carboxylic acids is 2. The van der Waals surface area contributed by atoms with Gasteiger partial charge in [0.1, 0.15) is 5.82 Å². The molecule has 1 fully saturated rings. The first kappa shape index (κ1) is 18.1. The minimum atomic E-state index is -0.372. The van der Waals surface area contributed by atoms with Gasteiger partial charge < -0.3 is 10.2 Å². The Hall–Kier alpha value is -2.69. The number of amides is 2. The normalized spacial score (nSPS) is 14.1. The Bertz CT molecular complexity index is 768. The summed E-state index contributed by atoms with van der Waals surface area (Å²) in [6, 6.07) is 13.6. The molecule has 1 N–H and O–H groups in total. The van der Waals surface area contributed by atoms with Crippen molar-refractivity contribution < 1.29 is 14.0 Å². The van der Waals surface area contributed by atoms with Crippen molar-refractivity contribution in [3.8, 4) is 0 Å². The van der Waals surface area contributed by atoms with Crippen LogP contribution >= 0.6 is 0 Å². The van der Waals surface area contributed by atoms with Crippen LogP contribution in [0.3, 0.4) is 0 Å². The summed E-state index contributed by atoms with van der Waals surface area (Å²) in [6.45, 7) is 2.00. The molecule has 0 spiro atoms. The third kappa shape index (κ3) is 4.69. The molecule has 136 valence electrons. The number of benzene rings is 2. The first-order valence-corrected chi connectivity index (χ1v) is 9.02. The molecule has 2 aromatic rings. The molecule has 2 aromatic carbocycles. The van der Waals surface area contributed by atoms with E-state index in [0.717, 1.165) is 31.5 Å². The lowest BCUT2D eigenvalue weighted by atomic mass is 10.1. The van der Waals surface area contributed by atoms with Gasteiger partial charge in [0.25, 0.3) is 5.91 Å². The molecule has 0 aromatic heterocycles. The maximum Gasteiger partial charge on any atom is 0.253 e. The zero-order valence-corrected chi connectivity index (χ0v) is 14.7. The average Bonchev–Trinajstić information content (AvgIpc) is 2.69. The van der Waals surface area contributed by atoms with Gasteiger partial charge >= 0.3 is 0 Å². The lowest BCUT2D eigenvalue weighted by molar-refractivity contribution is -0.120. The van der Waals surface area contributed by atoms with Crippen LogP contribution in [0.25, 0.3) is 0 Å². The van der Waals surface area contributed by atoms with E-state index in [0.29, 0.717) is 17.7 Å². The fraction of sp³-hybridized carbons (Fsp3) is 0.333. The highest BCUT2D eigenvalue weighted by Crippen LogP contribution is 2.14. The van der Waals surface area contributed by atoms with Gasteiger partial charge in [-0.25, -0.2) is 4.39 Å². The fourth-order valence-corrected chi connectivity index (χ4v) is 3.12. The molecule has 1 saturated heterocycles. The van der Waals surface area contributed by atoms with Crippen molar-refractivity contribution in [2.45, 2.75) is 32.2 Å². The van der Waals surface area contributed by atoms with E-state index in [1.807, 2.05) is 17.0 Å². The van der Waals surface area contributed by atoms with E-state index >= 15 is 0 Å². The molecule has 0 saturated carbocycles. The molecule has 1 aliphatic heterocycles. The molecule has 0 aliphatic carbocycles. The number of nitrogens with zero attached hydrogens (tertiary/aromatic N) is 1. The molecular formula is C21H23FN2O2. The number of carbonyl (C=O) groups is 2. The van der Waals surface area contributed by atoms with Crippen LogP contribution in [0.15, 0.2) is 48.5 Å². The van der Waals surface area contributed by atoms with Gasteiger partial charge in [-0.15, -0.1) is 0 Å². The molecule has 5 heteroatoms. The van der Waals surface area contributed by atoms with Crippen LogP contribution in [0.1, 0.15) is 40.7 Å². The summed E-state index contributed by atoms with van der Waals surface area (Å²) in [5.41, 5.74) is 1.96. The van der Waals surface area contributed by atoms with Crippen LogP contribution in [0.5, 0.6) is 0 Å². The zero-order valence-electron chi connectivity index (χ0n) is 14.7. The molecule has 0 bridgehead atoms. The number of halogens is 1. The van der Waals surface area contributed by atoms with Crippen molar-refractivity contribution >= 4 is 11.8 Å². The molecule has 1 heterocycles. The molecule has 2 amide bonds. The van der Waals surface area contributed by atoms with Gasteiger partial charge in [0.15, 0.2) is 0 Å². The highest BCUT2D eigenvalue weighted by molar-refractivity contribution is 5.94. The van der Waals surface area contributed by atoms with E-state index in [1.165, 1.54) is 12.5 Å². The largest absolute Gasteiger partial charge is 0.352 e. The van der Waals surface area contributed by atoms with Crippen LogP contribution in [-0.4, -0.2) is 29.8 Å². The van der Waals surface area contributed by atoms with Crippen molar-refractivity contribution in [1.82, 2.24) is 10.2 Å². The lowest BCUT2D eigenvalue weighted by Gasteiger charge is -2.26. The number of hydrogen-bond acceptors (Lipinski definition) is 2. The van der Waals surface area contributed by atoms with Crippen LogP contribution < -0.4 is 5.32 Å². The number of hydrogen-bond donors (Lipinski definition) is 1. The Kier molecular flexibility index (Phi) is 6.00. The van der Waals surface area contributed by atoms with E-state index in [1.54, 1.807) is 30.3 Å². The van der Waals surface area contributed by atoms with Gasteiger partial charge in [0.05, 0.1) is 6.42 Å². The Morgan fingerprint density at radius 2 is 1.65 bits per heavy atom. The summed E-state index contributed by atoms with van der Waals surface area (Å²) < 4.78 is 13.6. The lowest BCUT2D eigenvalue weighted by Crippen LogP contribution is -2.35. The van der Waals surface area contributed by atoms with Crippen LogP contribution in [0, 0.1) is 5.82 Å². The van der Waals surface area contributed by atoms with Crippen LogP contribution in [-0.2, 0) is 17.8 Å². The Morgan fingerprint density at radius 1 is 0.962 bits per heavy atom. The Labute approximate surface area is 153 Å². The third-order valence-electron chi connectivity index (χ3n) is 4.64. The molecule has 1 aliphatic rings. The van der Waals surface area contributed by atoms with Crippen molar-refractivity contribution in [3.63, 3.8) is 0 Å². The molecule has 26 heavy (non-hydrogen) atoms. The van der Waals surface area contributed by atoms with E-state index in [-0.39, 0.29) is 24.1 Å². The Balaban J connectivity index is 1.52. The topological polar surface area (TPSA) is 49.4 Å².